The van der Waals surface area contributed by atoms with E-state index in [0.29, 0.717) is 6.04 Å². The normalized spacial score (nSPS) is 13.3. The van der Waals surface area contributed by atoms with E-state index in [1.165, 1.54) is 11.3 Å². The van der Waals surface area contributed by atoms with Crippen molar-refractivity contribution in [1.29, 1.82) is 0 Å². The van der Waals surface area contributed by atoms with Gasteiger partial charge in [0.2, 0.25) is 0 Å². The van der Waals surface area contributed by atoms with Gasteiger partial charge in [-0.1, -0.05) is 44.2 Å². The first kappa shape index (κ1) is 16.2. The molecule has 2 rings (SSSR count). The van der Waals surface area contributed by atoms with Gasteiger partial charge in [0, 0.05) is 23.3 Å². The fourth-order valence-corrected chi connectivity index (χ4v) is 4.03. The van der Waals surface area contributed by atoms with Crippen molar-refractivity contribution in [2.24, 2.45) is 0 Å². The number of aryl methyl sites for hydroxylation is 1. The SMILES string of the molecule is CCC(CC)(c1ccccc1)C(Cc1csc(C)n1)NC. The van der Waals surface area contributed by atoms with Crippen molar-refractivity contribution in [3.8, 4) is 0 Å². The molecule has 2 aromatic rings. The van der Waals surface area contributed by atoms with Crippen LogP contribution in [0.5, 0.6) is 0 Å². The van der Waals surface area contributed by atoms with Gasteiger partial charge in [0.1, 0.15) is 0 Å². The fourth-order valence-electron chi connectivity index (χ4n) is 3.41. The molecule has 2 nitrogen and oxygen atoms in total. The summed E-state index contributed by atoms with van der Waals surface area (Å²) in [4.78, 5) is 4.65. The molecule has 0 saturated carbocycles. The largest absolute Gasteiger partial charge is 0.316 e. The standard InChI is InChI=1S/C18H26N2S/c1-5-18(6-2,15-10-8-7-9-11-15)17(19-4)12-16-13-21-14(3)20-16/h7-11,13,17,19H,5-6,12H2,1-4H3. The highest BCUT2D eigenvalue weighted by molar-refractivity contribution is 7.09. The van der Waals surface area contributed by atoms with E-state index < -0.39 is 0 Å². The Morgan fingerprint density at radius 2 is 1.86 bits per heavy atom. The minimum atomic E-state index is 0.160. The first-order valence-corrected chi connectivity index (χ1v) is 8.68. The second kappa shape index (κ2) is 7.19. The smallest absolute Gasteiger partial charge is 0.0897 e. The molecule has 0 amide bonds. The van der Waals surface area contributed by atoms with E-state index in [4.69, 9.17) is 0 Å². The number of aromatic nitrogens is 1. The number of nitrogens with one attached hydrogen (secondary N) is 1. The predicted molar refractivity (Wildman–Crippen MR) is 92.1 cm³/mol. The summed E-state index contributed by atoms with van der Waals surface area (Å²) in [7, 11) is 2.08. The summed E-state index contributed by atoms with van der Waals surface area (Å²) in [5.41, 5.74) is 2.80. The summed E-state index contributed by atoms with van der Waals surface area (Å²) < 4.78 is 0. The zero-order valence-electron chi connectivity index (χ0n) is 13.5. The average molecular weight is 302 g/mol. The van der Waals surface area contributed by atoms with Crippen LogP contribution in [0.3, 0.4) is 0 Å². The molecule has 0 radical (unpaired) electrons. The molecule has 3 heteroatoms. The first-order chi connectivity index (χ1) is 10.2. The average Bonchev–Trinajstić information content (AvgIpc) is 2.94. The number of hydrogen-bond donors (Lipinski definition) is 1. The Kier molecular flexibility index (Phi) is 5.54. The van der Waals surface area contributed by atoms with Crippen LogP contribution in [0.4, 0.5) is 0 Å². The third-order valence-electron chi connectivity index (χ3n) is 4.71. The quantitative estimate of drug-likeness (QED) is 0.823. The van der Waals surface area contributed by atoms with Gasteiger partial charge in [-0.25, -0.2) is 4.98 Å². The molecule has 1 unspecified atom stereocenters. The molecule has 1 atom stereocenters. The monoisotopic (exact) mass is 302 g/mol. The summed E-state index contributed by atoms with van der Waals surface area (Å²) in [6.45, 7) is 6.67. The summed E-state index contributed by atoms with van der Waals surface area (Å²) in [5, 5.41) is 6.91. The number of thiazole rings is 1. The van der Waals surface area contributed by atoms with E-state index in [-0.39, 0.29) is 5.41 Å². The van der Waals surface area contributed by atoms with Crippen LogP contribution < -0.4 is 5.32 Å². The van der Waals surface area contributed by atoms with E-state index in [0.717, 1.165) is 24.3 Å². The molecule has 1 aromatic heterocycles. The Bertz CT molecular complexity index is 543. The highest BCUT2D eigenvalue weighted by Crippen LogP contribution is 2.36. The Labute approximate surface area is 132 Å². The zero-order valence-corrected chi connectivity index (χ0v) is 14.3. The fraction of sp³-hybridized carbons (Fsp3) is 0.500. The molecule has 0 aliphatic rings. The van der Waals surface area contributed by atoms with E-state index in [9.17, 15) is 0 Å². The number of hydrogen-bond acceptors (Lipinski definition) is 3. The highest BCUT2D eigenvalue weighted by atomic mass is 32.1. The van der Waals surface area contributed by atoms with Crippen LogP contribution in [0.2, 0.25) is 0 Å². The minimum absolute atomic E-state index is 0.160. The van der Waals surface area contributed by atoms with Crippen molar-refractivity contribution >= 4 is 11.3 Å². The molecular weight excluding hydrogens is 276 g/mol. The van der Waals surface area contributed by atoms with Gasteiger partial charge < -0.3 is 5.32 Å². The summed E-state index contributed by atoms with van der Waals surface area (Å²) >= 11 is 1.74. The molecule has 0 aliphatic carbocycles. The Morgan fingerprint density at radius 3 is 2.33 bits per heavy atom. The summed E-state index contributed by atoms with van der Waals surface area (Å²) in [6.07, 6.45) is 3.24. The van der Waals surface area contributed by atoms with Crippen LogP contribution in [0.15, 0.2) is 35.7 Å². The van der Waals surface area contributed by atoms with Gasteiger partial charge in [-0.3, -0.25) is 0 Å². The Balaban J connectivity index is 2.34. The van der Waals surface area contributed by atoms with Crippen LogP contribution >= 0.6 is 11.3 Å². The van der Waals surface area contributed by atoms with Gasteiger partial charge in [-0.15, -0.1) is 11.3 Å². The lowest BCUT2D eigenvalue weighted by Crippen LogP contribution is -2.48. The Morgan fingerprint density at radius 1 is 1.19 bits per heavy atom. The molecule has 1 heterocycles. The third-order valence-corrected chi connectivity index (χ3v) is 5.53. The van der Waals surface area contributed by atoms with Crippen molar-refractivity contribution in [1.82, 2.24) is 10.3 Å². The molecule has 0 spiro atoms. The maximum absolute atomic E-state index is 4.65. The van der Waals surface area contributed by atoms with Crippen LogP contribution in [-0.4, -0.2) is 18.1 Å². The molecule has 0 fully saturated rings. The van der Waals surface area contributed by atoms with E-state index in [1.807, 2.05) is 0 Å². The van der Waals surface area contributed by atoms with Crippen LogP contribution in [0.25, 0.3) is 0 Å². The van der Waals surface area contributed by atoms with Gasteiger partial charge in [-0.05, 0) is 32.4 Å². The van der Waals surface area contributed by atoms with Crippen molar-refractivity contribution in [2.45, 2.75) is 51.5 Å². The summed E-state index contributed by atoms with van der Waals surface area (Å²) in [6, 6.07) is 11.3. The van der Waals surface area contributed by atoms with Gasteiger partial charge in [-0.2, -0.15) is 0 Å². The predicted octanol–water partition coefficient (Wildman–Crippen LogP) is 4.34. The van der Waals surface area contributed by atoms with E-state index >= 15 is 0 Å². The molecule has 114 valence electrons. The number of likely N-dealkylation sites (N-methyl/N-ethyl adjacent to an activating group) is 1. The molecule has 0 saturated heterocycles. The number of nitrogens with zero attached hydrogens (tertiary/aromatic N) is 1. The zero-order chi connectivity index (χ0) is 15.3. The first-order valence-electron chi connectivity index (χ1n) is 7.80. The molecule has 0 aliphatic heterocycles. The van der Waals surface area contributed by atoms with Gasteiger partial charge in [0.25, 0.3) is 0 Å². The lowest BCUT2D eigenvalue weighted by atomic mass is 9.69. The van der Waals surface area contributed by atoms with E-state index in [2.05, 4.69) is 73.8 Å². The molecule has 1 N–H and O–H groups in total. The lowest BCUT2D eigenvalue weighted by molar-refractivity contribution is 0.279. The van der Waals surface area contributed by atoms with Gasteiger partial charge in [0.15, 0.2) is 0 Å². The van der Waals surface area contributed by atoms with Crippen molar-refractivity contribution in [2.75, 3.05) is 7.05 Å². The maximum atomic E-state index is 4.65. The second-order valence-electron chi connectivity index (χ2n) is 5.63. The van der Waals surface area contributed by atoms with E-state index in [1.54, 1.807) is 11.3 Å². The number of rotatable bonds is 7. The topological polar surface area (TPSA) is 24.9 Å². The molecular formula is C18H26N2S. The van der Waals surface area contributed by atoms with Crippen molar-refractivity contribution in [3.05, 3.63) is 52.0 Å². The third kappa shape index (κ3) is 3.35. The molecule has 1 aromatic carbocycles. The van der Waals surface area contributed by atoms with Crippen LogP contribution in [-0.2, 0) is 11.8 Å². The van der Waals surface area contributed by atoms with Crippen molar-refractivity contribution < 1.29 is 0 Å². The molecule has 21 heavy (non-hydrogen) atoms. The molecule has 0 bridgehead atoms. The van der Waals surface area contributed by atoms with Crippen molar-refractivity contribution in [3.63, 3.8) is 0 Å². The Hall–Kier alpha value is -1.19. The minimum Gasteiger partial charge on any atom is -0.316 e. The number of benzene rings is 1. The second-order valence-corrected chi connectivity index (χ2v) is 6.69. The van der Waals surface area contributed by atoms with Crippen LogP contribution in [0.1, 0.15) is 43.0 Å². The van der Waals surface area contributed by atoms with Gasteiger partial charge >= 0.3 is 0 Å². The summed E-state index contributed by atoms with van der Waals surface area (Å²) in [5.74, 6) is 0. The van der Waals surface area contributed by atoms with Crippen LogP contribution in [0, 0.1) is 6.92 Å². The van der Waals surface area contributed by atoms with Gasteiger partial charge in [0.05, 0.1) is 10.7 Å². The lowest BCUT2D eigenvalue weighted by Gasteiger charge is -2.40. The highest BCUT2D eigenvalue weighted by Gasteiger charge is 2.36. The maximum Gasteiger partial charge on any atom is 0.0897 e.